The summed E-state index contributed by atoms with van der Waals surface area (Å²) >= 11 is 5.93. The van der Waals surface area contributed by atoms with E-state index in [-0.39, 0.29) is 12.5 Å². The van der Waals surface area contributed by atoms with Gasteiger partial charge in [0, 0.05) is 23.0 Å². The van der Waals surface area contributed by atoms with Gasteiger partial charge < -0.3 is 4.74 Å². The highest BCUT2D eigenvalue weighted by atomic mass is 35.5. The van der Waals surface area contributed by atoms with Crippen LogP contribution in [0.3, 0.4) is 0 Å². The minimum Gasteiger partial charge on any atom is -0.484 e. The molecule has 2 aromatic rings. The minimum atomic E-state index is -0.332. The molecule has 22 heavy (non-hydrogen) atoms. The molecule has 0 aliphatic rings. The third kappa shape index (κ3) is 4.56. The van der Waals surface area contributed by atoms with Crippen LogP contribution in [0.1, 0.15) is 18.1 Å². The van der Waals surface area contributed by atoms with Crippen LogP contribution in [0.25, 0.3) is 0 Å². The van der Waals surface area contributed by atoms with E-state index in [0.29, 0.717) is 16.5 Å². The molecule has 0 unspecified atom stereocenters. The molecule has 1 aromatic carbocycles. The number of amides is 1. The van der Waals surface area contributed by atoms with Gasteiger partial charge in [-0.05, 0) is 49.7 Å². The molecular weight excluding hydrogens is 302 g/mol. The Bertz CT molecular complexity index is 687. The average Bonchev–Trinajstić information content (AvgIpc) is 2.54. The summed E-state index contributed by atoms with van der Waals surface area (Å²) in [6.07, 6.45) is 3.34. The number of pyridine rings is 1. The number of carbonyl (C=O) groups is 1. The number of hydrogen-bond acceptors (Lipinski definition) is 4. The van der Waals surface area contributed by atoms with E-state index in [1.807, 2.05) is 19.1 Å². The van der Waals surface area contributed by atoms with Crippen LogP contribution >= 0.6 is 11.6 Å². The predicted molar refractivity (Wildman–Crippen MR) is 86.3 cm³/mol. The van der Waals surface area contributed by atoms with Gasteiger partial charge in [-0.2, -0.15) is 5.10 Å². The first-order valence-corrected chi connectivity index (χ1v) is 7.06. The first-order chi connectivity index (χ1) is 10.6. The Morgan fingerprint density at radius 1 is 1.32 bits per heavy atom. The molecule has 6 heteroatoms. The number of ether oxygens (including phenoxy) is 1. The second kappa shape index (κ2) is 7.56. The zero-order valence-corrected chi connectivity index (χ0v) is 13.1. The summed E-state index contributed by atoms with van der Waals surface area (Å²) in [4.78, 5) is 15.6. The smallest absolute Gasteiger partial charge is 0.277 e. The summed E-state index contributed by atoms with van der Waals surface area (Å²) in [5, 5.41) is 4.69. The number of aromatic nitrogens is 1. The molecule has 1 amide bonds. The Morgan fingerprint density at radius 2 is 2.05 bits per heavy atom. The van der Waals surface area contributed by atoms with Gasteiger partial charge in [0.15, 0.2) is 6.61 Å². The van der Waals surface area contributed by atoms with Crippen LogP contribution in [0.4, 0.5) is 0 Å². The van der Waals surface area contributed by atoms with Crippen molar-refractivity contribution < 1.29 is 9.53 Å². The van der Waals surface area contributed by atoms with E-state index < -0.39 is 0 Å². The minimum absolute atomic E-state index is 0.117. The number of rotatable bonds is 5. The van der Waals surface area contributed by atoms with E-state index in [4.69, 9.17) is 16.3 Å². The Balaban J connectivity index is 1.86. The Hall–Kier alpha value is -2.40. The molecule has 0 atom stereocenters. The number of hydrazone groups is 1. The van der Waals surface area contributed by atoms with Crippen molar-refractivity contribution in [1.29, 1.82) is 0 Å². The summed E-state index contributed by atoms with van der Waals surface area (Å²) in [5.41, 5.74) is 4.94. The van der Waals surface area contributed by atoms with Gasteiger partial charge in [-0.25, -0.2) is 5.43 Å². The summed E-state index contributed by atoms with van der Waals surface area (Å²) in [6.45, 7) is 3.56. The van der Waals surface area contributed by atoms with Crippen molar-refractivity contribution in [3.8, 4) is 5.75 Å². The van der Waals surface area contributed by atoms with E-state index in [1.54, 1.807) is 37.5 Å². The fourth-order valence-corrected chi connectivity index (χ4v) is 1.81. The van der Waals surface area contributed by atoms with Crippen LogP contribution in [-0.2, 0) is 4.79 Å². The highest BCUT2D eigenvalue weighted by Gasteiger charge is 2.04. The first-order valence-electron chi connectivity index (χ1n) is 6.69. The molecule has 0 saturated heterocycles. The van der Waals surface area contributed by atoms with Gasteiger partial charge in [0.25, 0.3) is 5.91 Å². The molecule has 0 spiro atoms. The van der Waals surface area contributed by atoms with Crippen molar-refractivity contribution in [1.82, 2.24) is 10.4 Å². The second-order valence-electron chi connectivity index (χ2n) is 4.67. The van der Waals surface area contributed by atoms with Crippen molar-refractivity contribution in [3.63, 3.8) is 0 Å². The highest BCUT2D eigenvalue weighted by molar-refractivity contribution is 6.31. The number of hydrogen-bond donors (Lipinski definition) is 1. The molecule has 0 aliphatic heterocycles. The predicted octanol–water partition coefficient (Wildman–Crippen LogP) is 2.96. The number of benzene rings is 1. The number of carbonyl (C=O) groups excluding carboxylic acids is 1. The summed E-state index contributed by atoms with van der Waals surface area (Å²) in [7, 11) is 0. The standard InChI is InChI=1S/C16H16ClN3O2/c1-11-9-14(3-4-15(11)17)22-10-16(21)20-19-12(2)13-5-7-18-8-6-13/h3-9H,10H2,1-2H3,(H,20,21)/b19-12+. The van der Waals surface area contributed by atoms with Gasteiger partial charge in [-0.3, -0.25) is 9.78 Å². The van der Waals surface area contributed by atoms with Crippen molar-refractivity contribution in [2.24, 2.45) is 5.10 Å². The van der Waals surface area contributed by atoms with Gasteiger partial charge in [0.1, 0.15) is 5.75 Å². The molecule has 0 aliphatic carbocycles. The molecule has 5 nitrogen and oxygen atoms in total. The maximum Gasteiger partial charge on any atom is 0.277 e. The number of nitrogens with zero attached hydrogens (tertiary/aromatic N) is 2. The van der Waals surface area contributed by atoms with Gasteiger partial charge >= 0.3 is 0 Å². The zero-order valence-electron chi connectivity index (χ0n) is 12.3. The van der Waals surface area contributed by atoms with Crippen molar-refractivity contribution in [2.45, 2.75) is 13.8 Å². The van der Waals surface area contributed by atoms with Crippen LogP contribution in [0.15, 0.2) is 47.8 Å². The lowest BCUT2D eigenvalue weighted by Gasteiger charge is -2.07. The fraction of sp³-hybridized carbons (Fsp3) is 0.188. The Morgan fingerprint density at radius 3 is 2.73 bits per heavy atom. The maximum atomic E-state index is 11.7. The van der Waals surface area contributed by atoms with Crippen molar-refractivity contribution >= 4 is 23.2 Å². The molecule has 0 fully saturated rings. The molecule has 2 rings (SSSR count). The Labute approximate surface area is 134 Å². The number of aryl methyl sites for hydroxylation is 1. The van der Waals surface area contributed by atoms with Crippen molar-refractivity contribution in [2.75, 3.05) is 6.61 Å². The van der Waals surface area contributed by atoms with Gasteiger partial charge in [0.2, 0.25) is 0 Å². The summed E-state index contributed by atoms with van der Waals surface area (Å²) in [5.74, 6) is 0.257. The lowest BCUT2D eigenvalue weighted by Crippen LogP contribution is -2.25. The zero-order chi connectivity index (χ0) is 15.9. The van der Waals surface area contributed by atoms with E-state index in [1.165, 1.54) is 0 Å². The summed E-state index contributed by atoms with van der Waals surface area (Å²) < 4.78 is 5.39. The largest absolute Gasteiger partial charge is 0.484 e. The molecular formula is C16H16ClN3O2. The van der Waals surface area contributed by atoms with Gasteiger partial charge in [-0.15, -0.1) is 0 Å². The quantitative estimate of drug-likeness (QED) is 0.681. The fourth-order valence-electron chi connectivity index (χ4n) is 1.69. The lowest BCUT2D eigenvalue weighted by atomic mass is 10.2. The number of halogens is 1. The number of nitrogens with one attached hydrogen (secondary N) is 1. The second-order valence-corrected chi connectivity index (χ2v) is 5.07. The molecule has 1 heterocycles. The molecule has 0 radical (unpaired) electrons. The maximum absolute atomic E-state index is 11.7. The van der Waals surface area contributed by atoms with E-state index in [2.05, 4.69) is 15.5 Å². The molecule has 0 bridgehead atoms. The van der Waals surface area contributed by atoms with Crippen LogP contribution in [0.5, 0.6) is 5.75 Å². The lowest BCUT2D eigenvalue weighted by molar-refractivity contribution is -0.123. The monoisotopic (exact) mass is 317 g/mol. The summed E-state index contributed by atoms with van der Waals surface area (Å²) in [6, 6.07) is 8.86. The van der Waals surface area contributed by atoms with Crippen LogP contribution in [-0.4, -0.2) is 23.2 Å². The third-order valence-corrected chi connectivity index (χ3v) is 3.37. The van der Waals surface area contributed by atoms with E-state index in [0.717, 1.165) is 11.1 Å². The molecule has 1 aromatic heterocycles. The first kappa shape index (κ1) is 16.0. The SMILES string of the molecule is C/C(=N\NC(=O)COc1ccc(Cl)c(C)c1)c1ccncc1. The van der Waals surface area contributed by atoms with Crippen LogP contribution < -0.4 is 10.2 Å². The topological polar surface area (TPSA) is 63.6 Å². The average molecular weight is 318 g/mol. The highest BCUT2D eigenvalue weighted by Crippen LogP contribution is 2.20. The van der Waals surface area contributed by atoms with Gasteiger partial charge in [-0.1, -0.05) is 11.6 Å². The van der Waals surface area contributed by atoms with Crippen molar-refractivity contribution in [3.05, 3.63) is 58.9 Å². The van der Waals surface area contributed by atoms with E-state index >= 15 is 0 Å². The van der Waals surface area contributed by atoms with Crippen LogP contribution in [0, 0.1) is 6.92 Å². The van der Waals surface area contributed by atoms with E-state index in [9.17, 15) is 4.79 Å². The van der Waals surface area contributed by atoms with Gasteiger partial charge in [0.05, 0.1) is 5.71 Å². The molecule has 1 N–H and O–H groups in total. The normalized spacial score (nSPS) is 11.1. The third-order valence-electron chi connectivity index (χ3n) is 2.95. The molecule has 0 saturated carbocycles. The Kier molecular flexibility index (Phi) is 5.49. The van der Waals surface area contributed by atoms with Crippen LogP contribution in [0.2, 0.25) is 5.02 Å². The molecule has 114 valence electrons.